The molecule has 1 aromatic carbocycles. The number of halogens is 3. The van der Waals surface area contributed by atoms with Crippen molar-refractivity contribution in [3.8, 4) is 0 Å². The first-order chi connectivity index (χ1) is 17.3. The van der Waals surface area contributed by atoms with Crippen LogP contribution in [0, 0.1) is 5.92 Å². The Morgan fingerprint density at radius 2 is 1.86 bits per heavy atom. The zero-order valence-corrected chi connectivity index (χ0v) is 21.7. The summed E-state index contributed by atoms with van der Waals surface area (Å²) >= 11 is 0. The van der Waals surface area contributed by atoms with Crippen molar-refractivity contribution in [3.63, 3.8) is 0 Å². The van der Waals surface area contributed by atoms with Gasteiger partial charge < -0.3 is 5.32 Å². The lowest BCUT2D eigenvalue weighted by Gasteiger charge is -2.27. The zero-order chi connectivity index (χ0) is 27.0. The topological polar surface area (TPSA) is 75.2 Å². The van der Waals surface area contributed by atoms with Crippen molar-refractivity contribution in [2.45, 2.75) is 50.6 Å². The number of hydrogen-bond donors (Lipinski definition) is 1. The van der Waals surface area contributed by atoms with Crippen LogP contribution in [0.25, 0.3) is 0 Å². The van der Waals surface area contributed by atoms with E-state index in [2.05, 4.69) is 39.9 Å². The molecule has 0 aliphatic carbocycles. The maximum absolute atomic E-state index is 12.9. The number of fused-ring (bicyclic) bond motifs is 1. The first-order valence-electron chi connectivity index (χ1n) is 11.8. The van der Waals surface area contributed by atoms with Crippen molar-refractivity contribution in [1.29, 1.82) is 0 Å². The quantitative estimate of drug-likeness (QED) is 0.443. The second-order valence-electron chi connectivity index (χ2n) is 9.73. The summed E-state index contributed by atoms with van der Waals surface area (Å²) in [7, 11) is -2.29. The molecule has 3 heterocycles. The molecule has 37 heavy (non-hydrogen) atoms. The molecule has 1 aliphatic rings. The predicted molar refractivity (Wildman–Crippen MR) is 137 cm³/mol. The molecule has 0 saturated heterocycles. The highest BCUT2D eigenvalue weighted by molar-refractivity contribution is 7.99. The Hall–Kier alpha value is -3.24. The smallest absolute Gasteiger partial charge is 0.348 e. The number of aromatic nitrogens is 2. The van der Waals surface area contributed by atoms with E-state index >= 15 is 0 Å². The van der Waals surface area contributed by atoms with Crippen LogP contribution in [-0.4, -0.2) is 37.1 Å². The summed E-state index contributed by atoms with van der Waals surface area (Å²) in [5, 5.41) is 2.89. The minimum atomic E-state index is -4.42. The fourth-order valence-electron chi connectivity index (χ4n) is 4.49. The first kappa shape index (κ1) is 26.8. The lowest BCUT2D eigenvalue weighted by atomic mass is 9.99. The molecule has 1 N–H and O–H groups in total. The van der Waals surface area contributed by atoms with E-state index < -0.39 is 21.3 Å². The molecule has 10 heteroatoms. The molecule has 2 aromatic heterocycles. The molecular weight excluding hydrogens is 501 g/mol. The molecule has 0 fully saturated rings. The summed E-state index contributed by atoms with van der Waals surface area (Å²) in [6.45, 7) is 5.31. The highest BCUT2D eigenvalue weighted by Crippen LogP contribution is 2.38. The minimum Gasteiger partial charge on any atom is -0.348 e. The lowest BCUT2D eigenvalue weighted by molar-refractivity contribution is -0.137. The van der Waals surface area contributed by atoms with E-state index in [0.29, 0.717) is 35.8 Å². The van der Waals surface area contributed by atoms with Gasteiger partial charge >= 0.3 is 6.18 Å². The van der Waals surface area contributed by atoms with E-state index in [1.54, 1.807) is 24.6 Å². The van der Waals surface area contributed by atoms with Crippen LogP contribution in [0.3, 0.4) is 0 Å². The van der Waals surface area contributed by atoms with Crippen LogP contribution >= 0.6 is 0 Å². The number of alkyl halides is 3. The van der Waals surface area contributed by atoms with Crippen LogP contribution in [0.2, 0.25) is 0 Å². The van der Waals surface area contributed by atoms with E-state index in [1.807, 2.05) is 18.2 Å². The van der Waals surface area contributed by atoms with Crippen LogP contribution in [0.1, 0.15) is 58.3 Å². The van der Waals surface area contributed by atoms with Gasteiger partial charge in [-0.15, -0.1) is 0 Å². The number of nitrogens with zero attached hydrogens (tertiary/aromatic N) is 3. The van der Waals surface area contributed by atoms with Crippen molar-refractivity contribution in [1.82, 2.24) is 20.2 Å². The van der Waals surface area contributed by atoms with Crippen LogP contribution < -0.4 is 5.32 Å². The summed E-state index contributed by atoms with van der Waals surface area (Å²) in [5.41, 5.74) is 2.84. The standard InChI is InChI=1S/C27H29F3N4O2S/c1-17(2)25-24-20(15-34(25)16-22-8-7-21(14-31-22)27(28,29)30)11-19(13-32-24)26(35)33-12-18-5-9-23(10-6-18)37(3,4)36/h5-11,13-14,17,25H,3,12,15-16H2,1-2,4H3,(H,33,35)/t25-,37?/m0/s1. The molecule has 0 bridgehead atoms. The van der Waals surface area contributed by atoms with Gasteiger partial charge in [0.2, 0.25) is 0 Å². The SMILES string of the molecule is C=S(C)(=O)c1ccc(CNC(=O)c2cnc3c(c2)CN(Cc2ccc(C(F)(F)F)cn2)[C@H]3C(C)C)cc1. The second kappa shape index (κ2) is 10.3. The lowest BCUT2D eigenvalue weighted by Crippen LogP contribution is -2.26. The maximum atomic E-state index is 12.9. The van der Waals surface area contributed by atoms with Gasteiger partial charge in [-0.1, -0.05) is 26.0 Å². The van der Waals surface area contributed by atoms with Crippen LogP contribution in [-0.2, 0) is 35.3 Å². The summed E-state index contributed by atoms with van der Waals surface area (Å²) in [5.74, 6) is 3.61. The molecule has 196 valence electrons. The average Bonchev–Trinajstić information content (AvgIpc) is 3.19. The van der Waals surface area contributed by atoms with Gasteiger partial charge in [-0.25, -0.2) is 0 Å². The fraction of sp³-hybridized carbons (Fsp3) is 0.333. The first-order valence-corrected chi connectivity index (χ1v) is 13.9. The molecule has 0 radical (unpaired) electrons. The predicted octanol–water partition coefficient (Wildman–Crippen LogP) is 4.84. The molecule has 1 aliphatic heterocycles. The Kier molecular flexibility index (Phi) is 7.43. The number of hydrogen-bond acceptors (Lipinski definition) is 5. The van der Waals surface area contributed by atoms with Gasteiger partial charge in [-0.3, -0.25) is 23.9 Å². The Morgan fingerprint density at radius 1 is 1.16 bits per heavy atom. The third-order valence-corrected chi connectivity index (χ3v) is 7.60. The molecule has 0 spiro atoms. The number of nitrogens with one attached hydrogen (secondary N) is 1. The Morgan fingerprint density at radius 3 is 2.43 bits per heavy atom. The largest absolute Gasteiger partial charge is 0.417 e. The van der Waals surface area contributed by atoms with Gasteiger partial charge in [0.15, 0.2) is 0 Å². The van der Waals surface area contributed by atoms with E-state index in [0.717, 1.165) is 29.1 Å². The van der Waals surface area contributed by atoms with Crippen molar-refractivity contribution in [2.24, 2.45) is 5.92 Å². The maximum Gasteiger partial charge on any atom is 0.417 e. The molecule has 1 amide bonds. The highest BCUT2D eigenvalue weighted by atomic mass is 32.2. The molecule has 2 atom stereocenters. The van der Waals surface area contributed by atoms with Crippen molar-refractivity contribution >= 4 is 21.3 Å². The van der Waals surface area contributed by atoms with E-state index in [-0.39, 0.29) is 17.9 Å². The van der Waals surface area contributed by atoms with Crippen molar-refractivity contribution in [2.75, 3.05) is 6.26 Å². The number of rotatable bonds is 7. The minimum absolute atomic E-state index is 0.0448. The van der Waals surface area contributed by atoms with Crippen LogP contribution in [0.15, 0.2) is 59.8 Å². The fourth-order valence-corrected chi connectivity index (χ4v) is 5.20. The highest BCUT2D eigenvalue weighted by Gasteiger charge is 2.35. The van der Waals surface area contributed by atoms with Gasteiger partial charge in [-0.2, -0.15) is 13.2 Å². The molecular formula is C27H29F3N4O2S. The van der Waals surface area contributed by atoms with Gasteiger partial charge in [0.1, 0.15) is 0 Å². The van der Waals surface area contributed by atoms with E-state index in [4.69, 9.17) is 0 Å². The van der Waals surface area contributed by atoms with Crippen molar-refractivity contribution < 1.29 is 22.2 Å². The molecule has 3 aromatic rings. The third-order valence-electron chi connectivity index (χ3n) is 6.33. The van der Waals surface area contributed by atoms with Gasteiger partial charge in [0.25, 0.3) is 5.91 Å². The number of carbonyl (C=O) groups excluding carboxylic acids is 1. The van der Waals surface area contributed by atoms with Crippen LogP contribution in [0.4, 0.5) is 13.2 Å². The zero-order valence-electron chi connectivity index (χ0n) is 20.9. The Bertz CT molecular complexity index is 1390. The number of carbonyl (C=O) groups is 1. The van der Waals surface area contributed by atoms with Gasteiger partial charge in [-0.05, 0) is 62.8 Å². The molecule has 4 rings (SSSR count). The third kappa shape index (κ3) is 6.19. The molecule has 1 unspecified atom stereocenters. The number of pyridine rings is 2. The van der Waals surface area contributed by atoms with E-state index in [1.165, 1.54) is 6.07 Å². The summed E-state index contributed by atoms with van der Waals surface area (Å²) in [6, 6.07) is 11.3. The average molecular weight is 531 g/mol. The summed E-state index contributed by atoms with van der Waals surface area (Å²) in [6.07, 6.45) is -0.430. The van der Waals surface area contributed by atoms with Gasteiger partial charge in [0, 0.05) is 43.2 Å². The Balaban J connectivity index is 1.45. The Labute approximate surface area is 215 Å². The molecule has 0 saturated carbocycles. The summed E-state index contributed by atoms with van der Waals surface area (Å²) < 4.78 is 50.7. The monoisotopic (exact) mass is 530 g/mol. The normalized spacial score (nSPS) is 17.4. The summed E-state index contributed by atoms with van der Waals surface area (Å²) in [4.78, 5) is 24.2. The van der Waals surface area contributed by atoms with E-state index in [9.17, 15) is 22.2 Å². The van der Waals surface area contributed by atoms with Crippen LogP contribution in [0.5, 0.6) is 0 Å². The number of benzene rings is 1. The molecule has 6 nitrogen and oxygen atoms in total. The number of amides is 1. The van der Waals surface area contributed by atoms with Gasteiger partial charge in [0.05, 0.1) is 28.6 Å². The van der Waals surface area contributed by atoms with Crippen molar-refractivity contribution in [3.05, 3.63) is 88.5 Å². The second-order valence-corrected chi connectivity index (χ2v) is 12.2.